The molecule has 1 aromatic heterocycles. The molecule has 0 bridgehead atoms. The third kappa shape index (κ3) is 2.43. The van der Waals surface area contributed by atoms with Crippen molar-refractivity contribution >= 4 is 28.8 Å². The number of nitrogens with one attached hydrogen (secondary N) is 1. The number of nitrogens with zero attached hydrogens (tertiary/aromatic N) is 1. The van der Waals surface area contributed by atoms with E-state index in [1.807, 2.05) is 6.92 Å². The van der Waals surface area contributed by atoms with Gasteiger partial charge < -0.3 is 15.8 Å². The van der Waals surface area contributed by atoms with Crippen molar-refractivity contribution in [3.63, 3.8) is 0 Å². The van der Waals surface area contributed by atoms with Gasteiger partial charge in [0.15, 0.2) is 0 Å². The summed E-state index contributed by atoms with van der Waals surface area (Å²) in [6.07, 6.45) is 3.00. The van der Waals surface area contributed by atoms with Crippen LogP contribution in [0.1, 0.15) is 19.8 Å². The molecule has 1 aliphatic rings. The van der Waals surface area contributed by atoms with E-state index in [0.29, 0.717) is 18.2 Å². The van der Waals surface area contributed by atoms with E-state index in [1.165, 1.54) is 0 Å². The molecule has 0 saturated heterocycles. The van der Waals surface area contributed by atoms with Crippen LogP contribution in [-0.4, -0.2) is 22.5 Å². The Balaban J connectivity index is 2.01. The second-order valence-electron chi connectivity index (χ2n) is 4.22. The van der Waals surface area contributed by atoms with Gasteiger partial charge in [-0.1, -0.05) is 12.2 Å². The lowest BCUT2D eigenvalue weighted by molar-refractivity contribution is -0.118. The number of amides is 1. The summed E-state index contributed by atoms with van der Waals surface area (Å²) in [5.41, 5.74) is 5.56. The van der Waals surface area contributed by atoms with Gasteiger partial charge >= 0.3 is 0 Å². The van der Waals surface area contributed by atoms with Crippen molar-refractivity contribution in [2.45, 2.75) is 19.8 Å². The van der Waals surface area contributed by atoms with Crippen molar-refractivity contribution in [2.24, 2.45) is 11.1 Å². The van der Waals surface area contributed by atoms with Crippen LogP contribution in [0, 0.1) is 5.41 Å². The molecule has 1 aromatic rings. The maximum Gasteiger partial charge on any atom is 0.237 e. The molecule has 0 aromatic carbocycles. The van der Waals surface area contributed by atoms with Crippen LogP contribution in [0.2, 0.25) is 0 Å². The van der Waals surface area contributed by atoms with E-state index in [1.54, 1.807) is 18.3 Å². The van der Waals surface area contributed by atoms with Crippen LogP contribution in [0.3, 0.4) is 0 Å². The second-order valence-corrected chi connectivity index (χ2v) is 4.66. The van der Waals surface area contributed by atoms with Gasteiger partial charge in [0.2, 0.25) is 11.8 Å². The third-order valence-corrected chi connectivity index (χ3v) is 3.33. The Hall–Kier alpha value is -1.69. The predicted molar refractivity (Wildman–Crippen MR) is 72.5 cm³/mol. The first kappa shape index (κ1) is 12.8. The average molecular weight is 265 g/mol. The maximum atomic E-state index is 12.0. The molecule has 0 atom stereocenters. The van der Waals surface area contributed by atoms with Crippen molar-refractivity contribution < 1.29 is 9.53 Å². The van der Waals surface area contributed by atoms with E-state index in [0.717, 1.165) is 12.8 Å². The molecule has 1 amide bonds. The standard InChI is InChI=1S/C12H15N3O2S/c1-2-17-9-4-3-8(7-14-9)15-11(16)12(5-6-12)10(13)18/h3-4,7H,2,5-6H2,1H3,(H2,13,18)(H,15,16). The molecule has 1 saturated carbocycles. The summed E-state index contributed by atoms with van der Waals surface area (Å²) in [5.74, 6) is 0.381. The van der Waals surface area contributed by atoms with E-state index in [2.05, 4.69) is 10.3 Å². The number of anilines is 1. The molecule has 2 rings (SSSR count). The highest BCUT2D eigenvalue weighted by Crippen LogP contribution is 2.46. The number of hydrogen-bond donors (Lipinski definition) is 2. The number of carbonyl (C=O) groups excluding carboxylic acids is 1. The minimum Gasteiger partial charge on any atom is -0.478 e. The fraction of sp³-hybridized carbons (Fsp3) is 0.417. The van der Waals surface area contributed by atoms with Crippen molar-refractivity contribution in [1.29, 1.82) is 0 Å². The molecule has 96 valence electrons. The van der Waals surface area contributed by atoms with E-state index in [4.69, 9.17) is 22.7 Å². The Morgan fingerprint density at radius 2 is 2.33 bits per heavy atom. The Labute approximate surface area is 111 Å². The van der Waals surface area contributed by atoms with Crippen LogP contribution in [-0.2, 0) is 4.79 Å². The van der Waals surface area contributed by atoms with E-state index < -0.39 is 5.41 Å². The number of rotatable bonds is 5. The van der Waals surface area contributed by atoms with Crippen LogP contribution in [0.15, 0.2) is 18.3 Å². The maximum absolute atomic E-state index is 12.0. The molecule has 18 heavy (non-hydrogen) atoms. The smallest absolute Gasteiger partial charge is 0.237 e. The summed E-state index contributed by atoms with van der Waals surface area (Å²) in [5, 5.41) is 2.77. The van der Waals surface area contributed by atoms with E-state index >= 15 is 0 Å². The fourth-order valence-corrected chi connectivity index (χ4v) is 1.95. The van der Waals surface area contributed by atoms with Crippen molar-refractivity contribution in [2.75, 3.05) is 11.9 Å². The van der Waals surface area contributed by atoms with Crippen molar-refractivity contribution in [1.82, 2.24) is 4.98 Å². The van der Waals surface area contributed by atoms with Crippen LogP contribution < -0.4 is 15.8 Å². The van der Waals surface area contributed by atoms with Gasteiger partial charge in [-0.15, -0.1) is 0 Å². The quantitative estimate of drug-likeness (QED) is 0.789. The second kappa shape index (κ2) is 4.89. The summed E-state index contributed by atoms with van der Waals surface area (Å²) >= 11 is 4.92. The van der Waals surface area contributed by atoms with E-state index in [-0.39, 0.29) is 10.9 Å². The molecule has 0 spiro atoms. The van der Waals surface area contributed by atoms with Gasteiger partial charge in [-0.2, -0.15) is 0 Å². The Bertz CT molecular complexity index is 469. The molecular formula is C12H15N3O2S. The summed E-state index contributed by atoms with van der Waals surface area (Å²) in [6, 6.07) is 3.45. The van der Waals surface area contributed by atoms with Crippen molar-refractivity contribution in [3.8, 4) is 5.88 Å². The fourth-order valence-electron chi connectivity index (χ4n) is 1.65. The molecular weight excluding hydrogens is 250 g/mol. The highest BCUT2D eigenvalue weighted by Gasteiger charge is 2.52. The van der Waals surface area contributed by atoms with Gasteiger partial charge in [0.1, 0.15) is 0 Å². The zero-order valence-corrected chi connectivity index (χ0v) is 10.9. The third-order valence-electron chi connectivity index (χ3n) is 2.94. The molecule has 3 N–H and O–H groups in total. The number of pyridine rings is 1. The lowest BCUT2D eigenvalue weighted by Crippen LogP contribution is -2.35. The molecule has 1 heterocycles. The first-order valence-electron chi connectivity index (χ1n) is 5.79. The number of thiocarbonyl (C=S) groups is 1. The summed E-state index contributed by atoms with van der Waals surface area (Å²) in [6.45, 7) is 2.44. The van der Waals surface area contributed by atoms with Gasteiger partial charge in [-0.05, 0) is 25.8 Å². The highest BCUT2D eigenvalue weighted by atomic mass is 32.1. The molecule has 1 fully saturated rings. The average Bonchev–Trinajstić information content (AvgIpc) is 3.13. The topological polar surface area (TPSA) is 77.2 Å². The molecule has 6 heteroatoms. The highest BCUT2D eigenvalue weighted by molar-refractivity contribution is 7.80. The van der Waals surface area contributed by atoms with Gasteiger partial charge in [0, 0.05) is 6.07 Å². The van der Waals surface area contributed by atoms with E-state index in [9.17, 15) is 4.79 Å². The zero-order valence-electron chi connectivity index (χ0n) is 10.1. The normalized spacial score (nSPS) is 15.8. The molecule has 0 unspecified atom stereocenters. The largest absolute Gasteiger partial charge is 0.478 e. The molecule has 0 radical (unpaired) electrons. The number of aromatic nitrogens is 1. The molecule has 1 aliphatic carbocycles. The minimum atomic E-state index is -0.645. The minimum absolute atomic E-state index is 0.152. The van der Waals surface area contributed by atoms with Gasteiger partial charge in [0.25, 0.3) is 0 Å². The Morgan fingerprint density at radius 1 is 1.61 bits per heavy atom. The Morgan fingerprint density at radius 3 is 2.78 bits per heavy atom. The lowest BCUT2D eigenvalue weighted by Gasteiger charge is -2.13. The zero-order chi connectivity index (χ0) is 13.2. The van der Waals surface area contributed by atoms with Crippen LogP contribution in [0.25, 0.3) is 0 Å². The SMILES string of the molecule is CCOc1ccc(NC(=O)C2(C(N)=S)CC2)cn1. The first-order valence-corrected chi connectivity index (χ1v) is 6.19. The molecule has 5 nitrogen and oxygen atoms in total. The summed E-state index contributed by atoms with van der Waals surface area (Å²) in [4.78, 5) is 16.3. The summed E-state index contributed by atoms with van der Waals surface area (Å²) in [7, 11) is 0. The summed E-state index contributed by atoms with van der Waals surface area (Å²) < 4.78 is 5.22. The lowest BCUT2D eigenvalue weighted by atomic mass is 10.1. The first-order chi connectivity index (χ1) is 8.58. The number of hydrogen-bond acceptors (Lipinski definition) is 4. The van der Waals surface area contributed by atoms with Gasteiger partial charge in [-0.25, -0.2) is 4.98 Å². The number of nitrogens with two attached hydrogens (primary N) is 1. The number of carbonyl (C=O) groups is 1. The monoisotopic (exact) mass is 265 g/mol. The van der Waals surface area contributed by atoms with Gasteiger partial charge in [0.05, 0.1) is 28.9 Å². The Kier molecular flexibility index (Phi) is 3.47. The van der Waals surface area contributed by atoms with Crippen LogP contribution >= 0.6 is 12.2 Å². The number of ether oxygens (including phenoxy) is 1. The van der Waals surface area contributed by atoms with Crippen LogP contribution in [0.5, 0.6) is 5.88 Å². The van der Waals surface area contributed by atoms with Crippen molar-refractivity contribution in [3.05, 3.63) is 18.3 Å². The predicted octanol–water partition coefficient (Wildman–Crippen LogP) is 1.49. The molecule has 0 aliphatic heterocycles. The van der Waals surface area contributed by atoms with Crippen LogP contribution in [0.4, 0.5) is 5.69 Å². The van der Waals surface area contributed by atoms with Gasteiger partial charge in [-0.3, -0.25) is 4.79 Å².